The van der Waals surface area contributed by atoms with Crippen molar-refractivity contribution in [2.45, 2.75) is 52.4 Å². The van der Waals surface area contributed by atoms with Crippen LogP contribution in [0.15, 0.2) is 0 Å². The number of ketones is 1. The lowest BCUT2D eigenvalue weighted by Gasteiger charge is -2.08. The van der Waals surface area contributed by atoms with Gasteiger partial charge in [0.1, 0.15) is 12.2 Å². The van der Waals surface area contributed by atoms with Gasteiger partial charge in [-0.2, -0.15) is 0 Å². The number of hydrogen-bond acceptors (Lipinski definition) is 3. The Balaban J connectivity index is 3.64. The van der Waals surface area contributed by atoms with Gasteiger partial charge >= 0.3 is 5.97 Å². The van der Waals surface area contributed by atoms with Crippen molar-refractivity contribution >= 4 is 11.8 Å². The van der Waals surface area contributed by atoms with Crippen LogP contribution in [0.4, 0.5) is 0 Å². The van der Waals surface area contributed by atoms with Crippen LogP contribution in [0.5, 0.6) is 0 Å². The predicted molar refractivity (Wildman–Crippen MR) is 59.6 cm³/mol. The Hall–Kier alpha value is -0.860. The molecule has 0 aliphatic carbocycles. The molecule has 0 aromatic rings. The third-order valence-corrected chi connectivity index (χ3v) is 2.59. The summed E-state index contributed by atoms with van der Waals surface area (Å²) in [4.78, 5) is 22.3. The highest BCUT2D eigenvalue weighted by Gasteiger charge is 2.16. The normalized spacial score (nSPS) is 12.2. The van der Waals surface area contributed by atoms with Gasteiger partial charge in [-0.3, -0.25) is 9.59 Å². The van der Waals surface area contributed by atoms with Gasteiger partial charge in [0, 0.05) is 5.92 Å². The molecule has 1 atom stereocenters. The number of unbranched alkanes of at least 4 members (excludes halogenated alkanes) is 3. The Bertz CT molecular complexity index is 199. The van der Waals surface area contributed by atoms with E-state index in [9.17, 15) is 9.59 Å². The minimum Gasteiger partial charge on any atom is -0.469 e. The Morgan fingerprint density at radius 3 is 2.40 bits per heavy atom. The quantitative estimate of drug-likeness (QED) is 0.354. The molecule has 15 heavy (non-hydrogen) atoms. The van der Waals surface area contributed by atoms with Gasteiger partial charge in [0.15, 0.2) is 0 Å². The van der Waals surface area contributed by atoms with Crippen LogP contribution in [-0.4, -0.2) is 18.9 Å². The highest BCUT2D eigenvalue weighted by Crippen LogP contribution is 2.13. The summed E-state index contributed by atoms with van der Waals surface area (Å²) in [6, 6.07) is 0. The van der Waals surface area contributed by atoms with E-state index in [1.807, 2.05) is 6.92 Å². The van der Waals surface area contributed by atoms with E-state index in [1.54, 1.807) is 0 Å². The van der Waals surface area contributed by atoms with Crippen LogP contribution in [-0.2, 0) is 14.3 Å². The molecule has 0 amide bonds. The molecular formula is C12H22O3. The molecule has 0 aliphatic heterocycles. The summed E-state index contributed by atoms with van der Waals surface area (Å²) in [5.74, 6) is -0.445. The van der Waals surface area contributed by atoms with E-state index in [0.717, 1.165) is 12.8 Å². The molecule has 0 spiro atoms. The second kappa shape index (κ2) is 8.45. The monoisotopic (exact) mass is 214 g/mol. The first-order chi connectivity index (χ1) is 7.11. The molecule has 0 aromatic carbocycles. The Morgan fingerprint density at radius 2 is 1.87 bits per heavy atom. The van der Waals surface area contributed by atoms with Crippen molar-refractivity contribution in [2.75, 3.05) is 7.11 Å². The van der Waals surface area contributed by atoms with Gasteiger partial charge in [-0.15, -0.1) is 0 Å². The van der Waals surface area contributed by atoms with Gasteiger partial charge in [0.05, 0.1) is 7.11 Å². The zero-order valence-electron chi connectivity index (χ0n) is 10.0. The summed E-state index contributed by atoms with van der Waals surface area (Å²) in [6.07, 6.45) is 5.47. The van der Waals surface area contributed by atoms with E-state index in [-0.39, 0.29) is 18.1 Å². The molecule has 0 radical (unpaired) electrons. The molecule has 3 heteroatoms. The van der Waals surface area contributed by atoms with E-state index in [1.165, 1.54) is 26.4 Å². The molecule has 0 heterocycles. The van der Waals surface area contributed by atoms with Gasteiger partial charge in [-0.1, -0.05) is 39.5 Å². The number of hydrogen-bond donors (Lipinski definition) is 0. The van der Waals surface area contributed by atoms with E-state index in [0.29, 0.717) is 0 Å². The first-order valence-electron chi connectivity index (χ1n) is 5.71. The van der Waals surface area contributed by atoms with E-state index in [2.05, 4.69) is 11.7 Å². The number of Topliss-reactive ketones (excluding diaryl/α,β-unsaturated/α-hetero) is 1. The molecule has 0 aromatic heterocycles. The first kappa shape index (κ1) is 14.1. The summed E-state index contributed by atoms with van der Waals surface area (Å²) in [6.45, 7) is 4.04. The van der Waals surface area contributed by atoms with E-state index < -0.39 is 5.97 Å². The molecule has 88 valence electrons. The number of carbonyl (C=O) groups excluding carboxylic acids is 2. The SMILES string of the molecule is CCCCCCC(C)C(=O)CC(=O)OC. The predicted octanol–water partition coefficient (Wildman–Crippen LogP) is 2.73. The average molecular weight is 214 g/mol. The zero-order chi connectivity index (χ0) is 11.7. The Morgan fingerprint density at radius 1 is 1.20 bits per heavy atom. The van der Waals surface area contributed by atoms with E-state index in [4.69, 9.17) is 0 Å². The molecule has 1 unspecified atom stereocenters. The van der Waals surface area contributed by atoms with Crippen LogP contribution in [0.2, 0.25) is 0 Å². The smallest absolute Gasteiger partial charge is 0.313 e. The van der Waals surface area contributed by atoms with Crippen molar-refractivity contribution in [3.05, 3.63) is 0 Å². The number of ether oxygens (including phenoxy) is 1. The van der Waals surface area contributed by atoms with Crippen molar-refractivity contribution in [3.63, 3.8) is 0 Å². The fourth-order valence-electron chi connectivity index (χ4n) is 1.43. The second-order valence-electron chi connectivity index (χ2n) is 3.97. The largest absolute Gasteiger partial charge is 0.469 e. The van der Waals surface area contributed by atoms with Crippen molar-refractivity contribution in [1.29, 1.82) is 0 Å². The van der Waals surface area contributed by atoms with Crippen molar-refractivity contribution in [3.8, 4) is 0 Å². The summed E-state index contributed by atoms with van der Waals surface area (Å²) >= 11 is 0. The van der Waals surface area contributed by atoms with Crippen LogP contribution in [0.3, 0.4) is 0 Å². The summed E-state index contributed by atoms with van der Waals surface area (Å²) in [7, 11) is 1.31. The topological polar surface area (TPSA) is 43.4 Å². The number of carbonyl (C=O) groups is 2. The maximum absolute atomic E-state index is 11.5. The molecule has 0 fully saturated rings. The molecule has 0 saturated carbocycles. The standard InChI is InChI=1S/C12H22O3/c1-4-5-6-7-8-10(2)11(13)9-12(14)15-3/h10H,4-9H2,1-3H3. The van der Waals surface area contributed by atoms with Crippen molar-refractivity contribution in [1.82, 2.24) is 0 Å². The lowest BCUT2D eigenvalue weighted by atomic mass is 9.97. The van der Waals surface area contributed by atoms with Crippen LogP contribution in [0.25, 0.3) is 0 Å². The Labute approximate surface area is 92.2 Å². The van der Waals surface area contributed by atoms with Gasteiger partial charge in [-0.25, -0.2) is 0 Å². The highest BCUT2D eigenvalue weighted by molar-refractivity contribution is 5.96. The summed E-state index contributed by atoms with van der Waals surface area (Å²) < 4.78 is 4.45. The van der Waals surface area contributed by atoms with Gasteiger partial charge in [-0.05, 0) is 6.42 Å². The fraction of sp³-hybridized carbons (Fsp3) is 0.833. The molecule has 0 N–H and O–H groups in total. The molecule has 0 aliphatic rings. The van der Waals surface area contributed by atoms with Crippen molar-refractivity contribution in [2.24, 2.45) is 5.92 Å². The number of esters is 1. The maximum atomic E-state index is 11.5. The van der Waals surface area contributed by atoms with E-state index >= 15 is 0 Å². The lowest BCUT2D eigenvalue weighted by molar-refractivity contribution is -0.144. The lowest BCUT2D eigenvalue weighted by Crippen LogP contribution is -2.16. The first-order valence-corrected chi connectivity index (χ1v) is 5.71. The van der Waals surface area contributed by atoms with Gasteiger partial charge in [0.25, 0.3) is 0 Å². The fourth-order valence-corrected chi connectivity index (χ4v) is 1.43. The third kappa shape index (κ3) is 7.11. The Kier molecular flexibility index (Phi) is 7.96. The van der Waals surface area contributed by atoms with Crippen LogP contribution in [0, 0.1) is 5.92 Å². The molecular weight excluding hydrogens is 192 g/mol. The average Bonchev–Trinajstić information content (AvgIpc) is 2.23. The second-order valence-corrected chi connectivity index (χ2v) is 3.97. The molecule has 0 saturated heterocycles. The summed E-state index contributed by atoms with van der Waals surface area (Å²) in [5, 5.41) is 0. The minimum absolute atomic E-state index is 0.00153. The van der Waals surface area contributed by atoms with Gasteiger partial charge < -0.3 is 4.74 Å². The minimum atomic E-state index is -0.430. The zero-order valence-corrected chi connectivity index (χ0v) is 10.0. The molecule has 3 nitrogen and oxygen atoms in total. The van der Waals surface area contributed by atoms with Crippen LogP contribution < -0.4 is 0 Å². The van der Waals surface area contributed by atoms with Crippen LogP contribution >= 0.6 is 0 Å². The molecule has 0 rings (SSSR count). The number of rotatable bonds is 8. The van der Waals surface area contributed by atoms with Crippen molar-refractivity contribution < 1.29 is 14.3 Å². The summed E-state index contributed by atoms with van der Waals surface area (Å²) in [5.41, 5.74) is 0. The molecule has 0 bridgehead atoms. The highest BCUT2D eigenvalue weighted by atomic mass is 16.5. The third-order valence-electron chi connectivity index (χ3n) is 2.59. The van der Waals surface area contributed by atoms with Crippen LogP contribution in [0.1, 0.15) is 52.4 Å². The number of methoxy groups -OCH3 is 1. The maximum Gasteiger partial charge on any atom is 0.313 e. The van der Waals surface area contributed by atoms with Gasteiger partial charge in [0.2, 0.25) is 0 Å².